The van der Waals surface area contributed by atoms with Gasteiger partial charge in [-0.25, -0.2) is 0 Å². The van der Waals surface area contributed by atoms with Crippen LogP contribution in [0.3, 0.4) is 0 Å². The molecule has 2 heterocycles. The van der Waals surface area contributed by atoms with Crippen LogP contribution in [0.25, 0.3) is 33.5 Å². The maximum Gasteiger partial charge on any atom is 0.0754 e. The minimum absolute atomic E-state index is 0.432. The van der Waals surface area contributed by atoms with Crippen LogP contribution in [0, 0.1) is 0 Å². The van der Waals surface area contributed by atoms with Crippen LogP contribution in [0.4, 0.5) is 17.1 Å². The Morgan fingerprint density at radius 2 is 1.02 bits per heavy atom. The Kier molecular flexibility index (Phi) is 5.45. The predicted molar refractivity (Wildman–Crippen MR) is 181 cm³/mol. The largest absolute Gasteiger partial charge is 0.310 e. The van der Waals surface area contributed by atoms with Gasteiger partial charge in [0.25, 0.3) is 0 Å². The number of pyridine rings is 1. The van der Waals surface area contributed by atoms with E-state index in [0.29, 0.717) is 0 Å². The maximum absolute atomic E-state index is 4.60. The Morgan fingerprint density at radius 3 is 1.77 bits per heavy atom. The number of hydrogen-bond acceptors (Lipinski definition) is 2. The standard InChI is InChI=1S/C42H28N2/c1-2-15-32(16-3-1)44-40-22-8-6-19-37(40)42(38-20-7-9-23-41(38)44)35-18-5-4-17-33(35)34-28-30(24-25-36(34)42)29-13-12-14-31(27-29)39-21-10-11-26-43-39/h1-28H. The second-order valence-electron chi connectivity index (χ2n) is 11.6. The molecule has 0 N–H and O–H groups in total. The van der Waals surface area contributed by atoms with Gasteiger partial charge >= 0.3 is 0 Å². The Bertz CT molecular complexity index is 2140. The molecule has 1 spiro atoms. The van der Waals surface area contributed by atoms with E-state index in [-0.39, 0.29) is 0 Å². The molecule has 0 radical (unpaired) electrons. The van der Waals surface area contributed by atoms with E-state index in [9.17, 15) is 0 Å². The van der Waals surface area contributed by atoms with Gasteiger partial charge in [-0.05, 0) is 93.0 Å². The SMILES string of the molecule is c1ccc(N2c3ccccc3C3(c4ccccc4-c4cc(-c5cccc(-c6ccccn6)c5)ccc43)c3ccccc32)cc1. The normalized spacial score (nSPS) is 13.6. The van der Waals surface area contributed by atoms with Gasteiger partial charge in [0.05, 0.1) is 22.5 Å². The van der Waals surface area contributed by atoms with E-state index in [2.05, 4.69) is 162 Å². The average molecular weight is 561 g/mol. The highest BCUT2D eigenvalue weighted by molar-refractivity contribution is 5.96. The first kappa shape index (κ1) is 24.8. The second kappa shape index (κ2) is 9.65. The van der Waals surface area contributed by atoms with Gasteiger partial charge in [-0.1, -0.05) is 115 Å². The van der Waals surface area contributed by atoms with Crippen LogP contribution < -0.4 is 4.90 Å². The fourth-order valence-corrected chi connectivity index (χ4v) is 7.54. The average Bonchev–Trinajstić information content (AvgIpc) is 3.40. The maximum atomic E-state index is 4.60. The molecule has 0 bridgehead atoms. The molecule has 7 aromatic rings. The highest BCUT2D eigenvalue weighted by atomic mass is 15.2. The fourth-order valence-electron chi connectivity index (χ4n) is 7.54. The Hall–Kier alpha value is -5.73. The zero-order valence-electron chi connectivity index (χ0n) is 24.1. The van der Waals surface area contributed by atoms with Gasteiger partial charge in [0.15, 0.2) is 0 Å². The van der Waals surface area contributed by atoms with Crippen molar-refractivity contribution in [3.05, 3.63) is 192 Å². The third-order valence-corrected chi connectivity index (χ3v) is 9.31. The Labute approximate surface area is 257 Å². The second-order valence-corrected chi connectivity index (χ2v) is 11.6. The summed E-state index contributed by atoms with van der Waals surface area (Å²) in [5.41, 5.74) is 15.5. The zero-order chi connectivity index (χ0) is 29.1. The van der Waals surface area contributed by atoms with Crippen LogP contribution in [0.2, 0.25) is 0 Å². The lowest BCUT2D eigenvalue weighted by Crippen LogP contribution is -2.36. The van der Waals surface area contributed by atoms with Crippen molar-refractivity contribution in [3.63, 3.8) is 0 Å². The predicted octanol–water partition coefficient (Wildman–Crippen LogP) is 10.6. The first-order valence-electron chi connectivity index (χ1n) is 15.1. The van der Waals surface area contributed by atoms with Crippen molar-refractivity contribution >= 4 is 17.1 Å². The first-order chi connectivity index (χ1) is 21.8. The molecule has 0 saturated heterocycles. The summed E-state index contributed by atoms with van der Waals surface area (Å²) in [7, 11) is 0. The van der Waals surface area contributed by atoms with E-state index < -0.39 is 5.41 Å². The van der Waals surface area contributed by atoms with Gasteiger partial charge in [0, 0.05) is 17.4 Å². The molecule has 0 atom stereocenters. The molecule has 44 heavy (non-hydrogen) atoms. The molecular weight excluding hydrogens is 532 g/mol. The molecule has 1 aliphatic carbocycles. The van der Waals surface area contributed by atoms with E-state index in [1.807, 2.05) is 18.3 Å². The van der Waals surface area contributed by atoms with Crippen molar-refractivity contribution in [1.29, 1.82) is 0 Å². The van der Waals surface area contributed by atoms with Crippen molar-refractivity contribution < 1.29 is 0 Å². The summed E-state index contributed by atoms with van der Waals surface area (Å²) in [5, 5.41) is 0. The summed E-state index contributed by atoms with van der Waals surface area (Å²) in [6.07, 6.45) is 1.85. The van der Waals surface area contributed by atoms with Crippen molar-refractivity contribution in [3.8, 4) is 33.5 Å². The number of rotatable bonds is 3. The van der Waals surface area contributed by atoms with E-state index in [1.54, 1.807) is 0 Å². The van der Waals surface area contributed by atoms with Crippen LogP contribution in [0.5, 0.6) is 0 Å². The van der Waals surface area contributed by atoms with Crippen molar-refractivity contribution in [2.24, 2.45) is 0 Å². The molecule has 0 saturated carbocycles. The molecule has 2 heteroatoms. The summed E-state index contributed by atoms with van der Waals surface area (Å²) >= 11 is 0. The van der Waals surface area contributed by atoms with Crippen molar-refractivity contribution in [1.82, 2.24) is 4.98 Å². The van der Waals surface area contributed by atoms with Crippen LogP contribution in [-0.2, 0) is 5.41 Å². The smallest absolute Gasteiger partial charge is 0.0754 e. The molecular formula is C42H28N2. The van der Waals surface area contributed by atoms with Crippen LogP contribution in [0.1, 0.15) is 22.3 Å². The monoisotopic (exact) mass is 560 g/mol. The number of fused-ring (bicyclic) bond motifs is 9. The van der Waals surface area contributed by atoms with E-state index >= 15 is 0 Å². The summed E-state index contributed by atoms with van der Waals surface area (Å²) < 4.78 is 0. The number of benzene rings is 6. The molecule has 0 fully saturated rings. The minimum atomic E-state index is -0.432. The Balaban J connectivity index is 1.30. The lowest BCUT2D eigenvalue weighted by atomic mass is 9.64. The number of anilines is 3. The summed E-state index contributed by atoms with van der Waals surface area (Å²) in [5.74, 6) is 0. The number of nitrogens with zero attached hydrogens (tertiary/aromatic N) is 2. The highest BCUT2D eigenvalue weighted by Gasteiger charge is 2.51. The molecule has 0 unspecified atom stereocenters. The third kappa shape index (κ3) is 3.46. The van der Waals surface area contributed by atoms with Gasteiger partial charge in [0.1, 0.15) is 0 Å². The summed E-state index contributed by atoms with van der Waals surface area (Å²) in [4.78, 5) is 7.02. The Morgan fingerprint density at radius 1 is 0.409 bits per heavy atom. The molecule has 9 rings (SSSR count). The lowest BCUT2D eigenvalue weighted by Gasteiger charge is -2.45. The molecule has 2 aliphatic rings. The van der Waals surface area contributed by atoms with Gasteiger partial charge in [0.2, 0.25) is 0 Å². The molecule has 2 nitrogen and oxygen atoms in total. The lowest BCUT2D eigenvalue weighted by molar-refractivity contribution is 0.753. The van der Waals surface area contributed by atoms with Crippen LogP contribution >= 0.6 is 0 Å². The number of hydrogen-bond donors (Lipinski definition) is 0. The van der Waals surface area contributed by atoms with E-state index in [4.69, 9.17) is 0 Å². The molecule has 1 aliphatic heterocycles. The summed E-state index contributed by atoms with van der Waals surface area (Å²) in [6.45, 7) is 0. The minimum Gasteiger partial charge on any atom is -0.310 e. The highest BCUT2D eigenvalue weighted by Crippen LogP contribution is 2.63. The summed E-state index contributed by atoms with van der Waals surface area (Å²) in [6, 6.07) is 59.5. The molecule has 1 aromatic heterocycles. The topological polar surface area (TPSA) is 16.1 Å². The quantitative estimate of drug-likeness (QED) is 0.214. The van der Waals surface area contributed by atoms with Gasteiger partial charge in [-0.15, -0.1) is 0 Å². The third-order valence-electron chi connectivity index (χ3n) is 9.31. The van der Waals surface area contributed by atoms with Crippen LogP contribution in [0.15, 0.2) is 170 Å². The number of para-hydroxylation sites is 3. The van der Waals surface area contributed by atoms with E-state index in [1.165, 1.54) is 55.9 Å². The van der Waals surface area contributed by atoms with Gasteiger partial charge in [-0.3, -0.25) is 4.98 Å². The van der Waals surface area contributed by atoms with Gasteiger partial charge in [-0.2, -0.15) is 0 Å². The number of aromatic nitrogens is 1. The fraction of sp³-hybridized carbons (Fsp3) is 0.0238. The van der Waals surface area contributed by atoms with Crippen molar-refractivity contribution in [2.75, 3.05) is 4.90 Å². The van der Waals surface area contributed by atoms with E-state index in [0.717, 1.165) is 16.9 Å². The first-order valence-corrected chi connectivity index (χ1v) is 15.1. The van der Waals surface area contributed by atoms with Crippen molar-refractivity contribution in [2.45, 2.75) is 5.41 Å². The molecule has 0 amide bonds. The molecule has 6 aromatic carbocycles. The zero-order valence-corrected chi connectivity index (χ0v) is 24.1. The van der Waals surface area contributed by atoms with Crippen LogP contribution in [-0.4, -0.2) is 4.98 Å². The van der Waals surface area contributed by atoms with Gasteiger partial charge < -0.3 is 4.90 Å². The molecule has 206 valence electrons.